The minimum Gasteiger partial charge on any atom is -0.469 e. The molecule has 2 aliphatic rings. The summed E-state index contributed by atoms with van der Waals surface area (Å²) in [6.07, 6.45) is 7.78. The number of hydrogen-bond acceptors (Lipinski definition) is 4. The lowest BCUT2D eigenvalue weighted by molar-refractivity contribution is -0.144. The molecule has 0 amide bonds. The van der Waals surface area contributed by atoms with Crippen LogP contribution in [0.4, 0.5) is 0 Å². The van der Waals surface area contributed by atoms with Crippen LogP contribution in [0.5, 0.6) is 0 Å². The van der Waals surface area contributed by atoms with Gasteiger partial charge < -0.3 is 9.72 Å². The summed E-state index contributed by atoms with van der Waals surface area (Å²) in [5.41, 5.74) is 3.44. The van der Waals surface area contributed by atoms with Gasteiger partial charge in [-0.05, 0) is 38.2 Å². The third-order valence-corrected chi connectivity index (χ3v) is 5.41. The summed E-state index contributed by atoms with van der Waals surface area (Å²) in [4.78, 5) is 27.4. The first kappa shape index (κ1) is 15.2. The first-order valence-corrected chi connectivity index (χ1v) is 8.45. The molecule has 0 aromatic carbocycles. The van der Waals surface area contributed by atoms with E-state index in [1.165, 1.54) is 26.4 Å². The van der Waals surface area contributed by atoms with Crippen LogP contribution in [-0.2, 0) is 22.5 Å². The molecule has 24 heavy (non-hydrogen) atoms. The van der Waals surface area contributed by atoms with Crippen LogP contribution < -0.4 is 5.56 Å². The molecular formula is C18H21N3O3. The number of carbonyl (C=O) groups is 1. The normalized spacial score (nSPS) is 20.4. The average molecular weight is 327 g/mol. The Balaban J connectivity index is 1.86. The van der Waals surface area contributed by atoms with Gasteiger partial charge in [-0.2, -0.15) is 5.10 Å². The highest BCUT2D eigenvalue weighted by Crippen LogP contribution is 2.33. The number of nitrogens with zero attached hydrogens (tertiary/aromatic N) is 2. The van der Waals surface area contributed by atoms with E-state index in [1.807, 2.05) is 17.7 Å². The second-order valence-electron chi connectivity index (χ2n) is 6.90. The van der Waals surface area contributed by atoms with Crippen molar-refractivity contribution < 1.29 is 9.53 Å². The van der Waals surface area contributed by atoms with Gasteiger partial charge in [-0.3, -0.25) is 14.3 Å². The van der Waals surface area contributed by atoms with E-state index in [-0.39, 0.29) is 17.4 Å². The molecule has 6 nitrogen and oxygen atoms in total. The summed E-state index contributed by atoms with van der Waals surface area (Å²) in [5, 5.41) is 5.06. The smallest absolute Gasteiger partial charge is 0.313 e. The maximum absolute atomic E-state index is 12.4. The lowest BCUT2D eigenvalue weighted by Crippen LogP contribution is -2.26. The number of H-pyrrole nitrogens is 1. The number of aromatic nitrogens is 3. The van der Waals surface area contributed by atoms with E-state index < -0.39 is 0 Å². The molecule has 1 saturated carbocycles. The number of methoxy groups -OCH3 is 1. The SMILES string of the molecule is COC(=O)C1Cc2c([nH]c(=O)c3cnn(CC4CCC4)c23)C=C1C. The minimum absolute atomic E-state index is 0.121. The highest BCUT2D eigenvalue weighted by molar-refractivity contribution is 5.87. The molecule has 126 valence electrons. The van der Waals surface area contributed by atoms with Crippen LogP contribution in [0.15, 0.2) is 16.6 Å². The van der Waals surface area contributed by atoms with Gasteiger partial charge in [0, 0.05) is 17.8 Å². The van der Waals surface area contributed by atoms with Crippen molar-refractivity contribution in [3.05, 3.63) is 33.4 Å². The first-order chi connectivity index (χ1) is 11.6. The molecule has 1 N–H and O–H groups in total. The van der Waals surface area contributed by atoms with Gasteiger partial charge in [0.15, 0.2) is 0 Å². The number of nitrogens with one attached hydrogen (secondary N) is 1. The van der Waals surface area contributed by atoms with E-state index in [4.69, 9.17) is 4.74 Å². The molecule has 2 aromatic heterocycles. The molecule has 0 bridgehead atoms. The summed E-state index contributed by atoms with van der Waals surface area (Å²) in [6.45, 7) is 2.74. The summed E-state index contributed by atoms with van der Waals surface area (Å²) in [6, 6.07) is 0. The second-order valence-corrected chi connectivity index (χ2v) is 6.90. The Morgan fingerprint density at radius 1 is 1.46 bits per heavy atom. The van der Waals surface area contributed by atoms with E-state index in [9.17, 15) is 9.59 Å². The summed E-state index contributed by atoms with van der Waals surface area (Å²) < 4.78 is 6.89. The van der Waals surface area contributed by atoms with Crippen molar-refractivity contribution in [3.63, 3.8) is 0 Å². The van der Waals surface area contributed by atoms with Crippen LogP contribution in [0.2, 0.25) is 0 Å². The van der Waals surface area contributed by atoms with Crippen molar-refractivity contribution in [2.45, 2.75) is 39.2 Å². The molecule has 4 rings (SSSR count). The number of ether oxygens (including phenoxy) is 1. The number of fused-ring (bicyclic) bond motifs is 3. The zero-order chi connectivity index (χ0) is 16.8. The molecule has 2 aliphatic carbocycles. The lowest BCUT2D eigenvalue weighted by Gasteiger charge is -2.27. The van der Waals surface area contributed by atoms with E-state index in [1.54, 1.807) is 6.20 Å². The molecule has 1 unspecified atom stereocenters. The van der Waals surface area contributed by atoms with Crippen LogP contribution >= 0.6 is 0 Å². The van der Waals surface area contributed by atoms with Crippen LogP contribution in [-0.4, -0.2) is 27.8 Å². The summed E-state index contributed by atoms with van der Waals surface area (Å²) in [7, 11) is 1.41. The van der Waals surface area contributed by atoms with E-state index in [0.29, 0.717) is 17.7 Å². The molecule has 2 heterocycles. The van der Waals surface area contributed by atoms with Crippen molar-refractivity contribution >= 4 is 22.9 Å². The highest BCUT2D eigenvalue weighted by atomic mass is 16.5. The highest BCUT2D eigenvalue weighted by Gasteiger charge is 2.30. The van der Waals surface area contributed by atoms with E-state index in [2.05, 4.69) is 10.1 Å². The van der Waals surface area contributed by atoms with Gasteiger partial charge in [-0.15, -0.1) is 0 Å². The zero-order valence-electron chi connectivity index (χ0n) is 14.0. The van der Waals surface area contributed by atoms with Crippen molar-refractivity contribution in [1.82, 2.24) is 14.8 Å². The van der Waals surface area contributed by atoms with Gasteiger partial charge in [0.05, 0.1) is 30.1 Å². The Kier molecular flexibility index (Phi) is 3.55. The Morgan fingerprint density at radius 3 is 2.92 bits per heavy atom. The fourth-order valence-corrected chi connectivity index (χ4v) is 3.76. The minimum atomic E-state index is -0.302. The van der Waals surface area contributed by atoms with Crippen LogP contribution in [0.3, 0.4) is 0 Å². The number of aromatic amines is 1. The Bertz CT molecular complexity index is 902. The van der Waals surface area contributed by atoms with Crippen molar-refractivity contribution in [2.24, 2.45) is 11.8 Å². The summed E-state index contributed by atoms with van der Waals surface area (Å²) >= 11 is 0. The molecular weight excluding hydrogens is 306 g/mol. The monoisotopic (exact) mass is 327 g/mol. The fourth-order valence-electron chi connectivity index (χ4n) is 3.76. The number of hydrogen-bond donors (Lipinski definition) is 1. The second kappa shape index (κ2) is 5.61. The number of carbonyl (C=O) groups excluding carboxylic acids is 1. The van der Waals surface area contributed by atoms with Gasteiger partial charge >= 0.3 is 5.97 Å². The Labute approximate surface area is 139 Å². The first-order valence-electron chi connectivity index (χ1n) is 8.45. The fraction of sp³-hybridized carbons (Fsp3) is 0.500. The third kappa shape index (κ3) is 2.28. The van der Waals surface area contributed by atoms with Crippen molar-refractivity contribution in [2.75, 3.05) is 7.11 Å². The largest absolute Gasteiger partial charge is 0.469 e. The standard InChI is InChI=1S/C18H21N3O3/c1-10-6-15-13(7-12(10)18(23)24-2)16-14(17(22)20-15)8-19-21(16)9-11-4-3-5-11/h6,8,11-12H,3-5,7,9H2,1-2H3,(H,20,22). The van der Waals surface area contributed by atoms with Crippen LogP contribution in [0, 0.1) is 11.8 Å². The Morgan fingerprint density at radius 2 is 2.25 bits per heavy atom. The van der Waals surface area contributed by atoms with Crippen LogP contribution in [0.25, 0.3) is 17.0 Å². The Hall–Kier alpha value is -2.37. The predicted molar refractivity (Wildman–Crippen MR) is 90.6 cm³/mol. The maximum atomic E-state index is 12.4. The van der Waals surface area contributed by atoms with E-state index in [0.717, 1.165) is 28.9 Å². The molecule has 6 heteroatoms. The maximum Gasteiger partial charge on any atom is 0.313 e. The molecule has 1 fully saturated rings. The van der Waals surface area contributed by atoms with Crippen molar-refractivity contribution in [3.8, 4) is 0 Å². The third-order valence-electron chi connectivity index (χ3n) is 5.41. The topological polar surface area (TPSA) is 77.0 Å². The van der Waals surface area contributed by atoms with Gasteiger partial charge in [-0.1, -0.05) is 12.0 Å². The molecule has 2 aromatic rings. The van der Waals surface area contributed by atoms with Crippen molar-refractivity contribution in [1.29, 1.82) is 0 Å². The average Bonchev–Trinajstić information content (AvgIpc) is 2.94. The predicted octanol–water partition coefficient (Wildman–Crippen LogP) is 2.27. The lowest BCUT2D eigenvalue weighted by atomic mass is 9.84. The van der Waals surface area contributed by atoms with Gasteiger partial charge in [0.25, 0.3) is 5.56 Å². The van der Waals surface area contributed by atoms with Gasteiger partial charge in [0.1, 0.15) is 0 Å². The molecule has 1 atom stereocenters. The number of rotatable bonds is 3. The number of esters is 1. The zero-order valence-corrected chi connectivity index (χ0v) is 14.0. The van der Waals surface area contributed by atoms with Crippen LogP contribution in [0.1, 0.15) is 37.4 Å². The quantitative estimate of drug-likeness (QED) is 0.877. The molecule has 0 spiro atoms. The summed E-state index contributed by atoms with van der Waals surface area (Å²) in [5.74, 6) is 0.0998. The number of pyridine rings is 1. The molecule has 0 aliphatic heterocycles. The molecule has 0 saturated heterocycles. The van der Waals surface area contributed by atoms with Gasteiger partial charge in [-0.25, -0.2) is 0 Å². The van der Waals surface area contributed by atoms with E-state index >= 15 is 0 Å². The van der Waals surface area contributed by atoms with Gasteiger partial charge in [0.2, 0.25) is 0 Å². The molecule has 0 radical (unpaired) electrons.